The average Bonchev–Trinajstić information content (AvgIpc) is 3.11. The molecule has 0 aliphatic carbocycles. The molecule has 1 aromatic carbocycles. The molecule has 1 aromatic heterocycles. The van der Waals surface area contributed by atoms with E-state index < -0.39 is 0 Å². The lowest BCUT2D eigenvalue weighted by atomic mass is 9.85. The number of likely N-dealkylation sites (tertiary alicyclic amines) is 1. The van der Waals surface area contributed by atoms with Crippen LogP contribution in [0.25, 0.3) is 0 Å². The number of rotatable bonds is 2. The van der Waals surface area contributed by atoms with Crippen LogP contribution in [0.2, 0.25) is 0 Å². The van der Waals surface area contributed by atoms with Crippen molar-refractivity contribution in [2.75, 3.05) is 25.5 Å². The molecule has 0 saturated carbocycles. The molecule has 4 rings (SSSR count). The van der Waals surface area contributed by atoms with Gasteiger partial charge in [-0.05, 0) is 37.6 Å². The Bertz CT molecular complexity index is 745. The molecule has 1 saturated heterocycles. The molecule has 0 unspecified atom stereocenters. The molecule has 3 atom stereocenters. The summed E-state index contributed by atoms with van der Waals surface area (Å²) in [5.74, 6) is 1.13. The zero-order valence-electron chi connectivity index (χ0n) is 13.2. The zero-order chi connectivity index (χ0) is 16.0. The van der Waals surface area contributed by atoms with E-state index in [0.717, 1.165) is 23.0 Å². The monoisotopic (exact) mass is 329 g/mol. The number of fused-ring (bicyclic) bond motifs is 3. The normalized spacial score (nSPS) is 26.3. The Morgan fingerprint density at radius 2 is 2.26 bits per heavy atom. The number of benzene rings is 1. The van der Waals surface area contributed by atoms with Crippen molar-refractivity contribution >= 4 is 22.4 Å². The summed E-state index contributed by atoms with van der Waals surface area (Å²) in [7, 11) is 2.09. The minimum absolute atomic E-state index is 0.0657. The van der Waals surface area contributed by atoms with Crippen LogP contribution in [0.5, 0.6) is 5.75 Å². The van der Waals surface area contributed by atoms with E-state index in [2.05, 4.69) is 27.7 Å². The van der Waals surface area contributed by atoms with Gasteiger partial charge in [-0.25, -0.2) is 0 Å². The molecule has 2 aromatic rings. The zero-order valence-corrected chi connectivity index (χ0v) is 14.0. The molecule has 1 fully saturated rings. The van der Waals surface area contributed by atoms with Gasteiger partial charge in [-0.1, -0.05) is 18.2 Å². The number of hydrogen-bond donors (Lipinski definition) is 1. The number of nitrogens with zero attached hydrogens (tertiary/aromatic N) is 2. The fourth-order valence-corrected chi connectivity index (χ4v) is 4.40. The van der Waals surface area contributed by atoms with Crippen molar-refractivity contribution in [2.24, 2.45) is 11.8 Å². The number of para-hydroxylation sites is 1. The van der Waals surface area contributed by atoms with Gasteiger partial charge in [0, 0.05) is 24.1 Å². The van der Waals surface area contributed by atoms with E-state index in [-0.39, 0.29) is 23.8 Å². The van der Waals surface area contributed by atoms with Crippen LogP contribution in [-0.2, 0) is 4.79 Å². The number of anilines is 1. The molecular weight excluding hydrogens is 310 g/mol. The second-order valence-corrected chi connectivity index (χ2v) is 7.13. The summed E-state index contributed by atoms with van der Waals surface area (Å²) in [6.07, 6.45) is 0. The van der Waals surface area contributed by atoms with Crippen molar-refractivity contribution in [1.82, 2.24) is 9.27 Å². The third-order valence-electron chi connectivity index (χ3n) is 4.76. The van der Waals surface area contributed by atoms with Gasteiger partial charge in [-0.3, -0.25) is 9.69 Å². The summed E-state index contributed by atoms with van der Waals surface area (Å²) in [4.78, 5) is 15.0. The SMILES string of the molecule is Cc1cc(NC(=O)[C@@H]2CN(C)[C@H]3c4ccccc4OC[C@@H]23)sn1. The fraction of sp³-hybridized carbons (Fsp3) is 0.412. The first-order chi connectivity index (χ1) is 11.1. The molecule has 5 nitrogen and oxygen atoms in total. The maximum atomic E-state index is 12.7. The smallest absolute Gasteiger partial charge is 0.229 e. The molecule has 0 bridgehead atoms. The van der Waals surface area contributed by atoms with Crippen LogP contribution in [0.1, 0.15) is 17.3 Å². The van der Waals surface area contributed by atoms with E-state index in [1.807, 2.05) is 31.2 Å². The van der Waals surface area contributed by atoms with E-state index in [1.54, 1.807) is 0 Å². The van der Waals surface area contributed by atoms with Crippen LogP contribution in [-0.4, -0.2) is 35.4 Å². The van der Waals surface area contributed by atoms with E-state index in [9.17, 15) is 4.79 Å². The Morgan fingerprint density at radius 3 is 3.04 bits per heavy atom. The predicted octanol–water partition coefficient (Wildman–Crippen LogP) is 2.70. The fourth-order valence-electron chi connectivity index (χ4n) is 3.74. The summed E-state index contributed by atoms with van der Waals surface area (Å²) in [6, 6.07) is 10.3. The third-order valence-corrected chi connectivity index (χ3v) is 5.56. The van der Waals surface area contributed by atoms with Gasteiger partial charge in [0.1, 0.15) is 10.8 Å². The standard InChI is InChI=1S/C17H19N3O2S/c1-10-7-15(23-19-10)18-17(21)12-8-20(2)16-11-5-3-4-6-14(11)22-9-13(12)16/h3-7,12-13,16H,8-9H2,1-2H3,(H,18,21)/t12-,13+,16+/m1/s1. The van der Waals surface area contributed by atoms with E-state index >= 15 is 0 Å². The number of nitrogens with one attached hydrogen (secondary N) is 1. The number of carbonyl (C=O) groups excluding carboxylic acids is 1. The maximum absolute atomic E-state index is 12.7. The van der Waals surface area contributed by atoms with Crippen LogP contribution in [0.4, 0.5) is 5.00 Å². The van der Waals surface area contributed by atoms with Crippen LogP contribution in [0.15, 0.2) is 30.3 Å². The topological polar surface area (TPSA) is 54.5 Å². The minimum Gasteiger partial charge on any atom is -0.493 e. The van der Waals surface area contributed by atoms with Crippen LogP contribution >= 0.6 is 11.5 Å². The maximum Gasteiger partial charge on any atom is 0.229 e. The summed E-state index contributed by atoms with van der Waals surface area (Å²) in [5.41, 5.74) is 2.12. The minimum atomic E-state index is -0.0687. The Morgan fingerprint density at radius 1 is 1.43 bits per heavy atom. The summed E-state index contributed by atoms with van der Waals surface area (Å²) in [6.45, 7) is 3.26. The molecule has 2 aliphatic heterocycles. The largest absolute Gasteiger partial charge is 0.493 e. The average molecular weight is 329 g/mol. The number of aromatic nitrogens is 1. The van der Waals surface area contributed by atoms with Gasteiger partial charge in [-0.15, -0.1) is 0 Å². The molecule has 23 heavy (non-hydrogen) atoms. The molecule has 2 aliphatic rings. The van der Waals surface area contributed by atoms with Crippen molar-refractivity contribution in [3.8, 4) is 5.75 Å². The van der Waals surface area contributed by atoms with Crippen LogP contribution < -0.4 is 10.1 Å². The number of carbonyl (C=O) groups is 1. The molecule has 6 heteroatoms. The molecule has 1 amide bonds. The van der Waals surface area contributed by atoms with Gasteiger partial charge >= 0.3 is 0 Å². The second-order valence-electron chi connectivity index (χ2n) is 6.33. The van der Waals surface area contributed by atoms with Gasteiger partial charge in [0.2, 0.25) is 5.91 Å². The lowest BCUT2D eigenvalue weighted by molar-refractivity contribution is -0.121. The highest BCUT2D eigenvalue weighted by Gasteiger charge is 2.47. The van der Waals surface area contributed by atoms with Crippen molar-refractivity contribution in [2.45, 2.75) is 13.0 Å². The van der Waals surface area contributed by atoms with E-state index in [4.69, 9.17) is 4.74 Å². The molecule has 0 spiro atoms. The molecular formula is C17H19N3O2S. The highest BCUT2D eigenvalue weighted by Crippen LogP contribution is 2.46. The highest BCUT2D eigenvalue weighted by atomic mass is 32.1. The van der Waals surface area contributed by atoms with Crippen molar-refractivity contribution in [1.29, 1.82) is 0 Å². The van der Waals surface area contributed by atoms with Gasteiger partial charge in [-0.2, -0.15) is 4.37 Å². The van der Waals surface area contributed by atoms with Crippen LogP contribution in [0, 0.1) is 18.8 Å². The van der Waals surface area contributed by atoms with Gasteiger partial charge in [0.25, 0.3) is 0 Å². The molecule has 3 heterocycles. The summed E-state index contributed by atoms with van der Waals surface area (Å²) < 4.78 is 10.1. The number of aryl methyl sites for hydroxylation is 1. The summed E-state index contributed by atoms with van der Waals surface area (Å²) in [5, 5.41) is 3.83. The van der Waals surface area contributed by atoms with Gasteiger partial charge in [0.15, 0.2) is 0 Å². The van der Waals surface area contributed by atoms with Crippen molar-refractivity contribution in [3.05, 3.63) is 41.6 Å². The van der Waals surface area contributed by atoms with Gasteiger partial charge in [0.05, 0.1) is 18.2 Å². The van der Waals surface area contributed by atoms with Crippen molar-refractivity contribution in [3.63, 3.8) is 0 Å². The first-order valence-electron chi connectivity index (χ1n) is 7.79. The van der Waals surface area contributed by atoms with Crippen LogP contribution in [0.3, 0.4) is 0 Å². The third kappa shape index (κ3) is 2.52. The Balaban J connectivity index is 1.57. The number of hydrogen-bond acceptors (Lipinski definition) is 5. The first kappa shape index (κ1) is 14.7. The van der Waals surface area contributed by atoms with E-state index in [0.29, 0.717) is 6.61 Å². The van der Waals surface area contributed by atoms with Crippen molar-refractivity contribution < 1.29 is 9.53 Å². The van der Waals surface area contributed by atoms with E-state index in [1.165, 1.54) is 17.1 Å². The summed E-state index contributed by atoms with van der Waals surface area (Å²) >= 11 is 1.33. The Kier molecular flexibility index (Phi) is 3.58. The second kappa shape index (κ2) is 5.62. The predicted molar refractivity (Wildman–Crippen MR) is 89.8 cm³/mol. The number of amides is 1. The molecule has 0 radical (unpaired) electrons. The first-order valence-corrected chi connectivity index (χ1v) is 8.57. The molecule has 120 valence electrons. The lowest BCUT2D eigenvalue weighted by Gasteiger charge is -2.32. The quantitative estimate of drug-likeness (QED) is 0.920. The Hall–Kier alpha value is -1.92. The number of ether oxygens (including phenoxy) is 1. The molecule has 1 N–H and O–H groups in total. The van der Waals surface area contributed by atoms with Gasteiger partial charge < -0.3 is 10.1 Å². The Labute approximate surface area is 139 Å². The lowest BCUT2D eigenvalue weighted by Crippen LogP contribution is -2.34. The highest BCUT2D eigenvalue weighted by molar-refractivity contribution is 7.10.